The number of carbonyl (C=O) groups is 1. The van der Waals surface area contributed by atoms with E-state index in [4.69, 9.17) is 10.5 Å². The van der Waals surface area contributed by atoms with E-state index in [1.54, 1.807) is 31.3 Å². The normalized spacial score (nSPS) is 11.1. The van der Waals surface area contributed by atoms with Gasteiger partial charge in [0.15, 0.2) is 0 Å². The molecule has 0 spiro atoms. The summed E-state index contributed by atoms with van der Waals surface area (Å²) in [5.74, 6) is -0.00455. The molecule has 1 aromatic rings. The van der Waals surface area contributed by atoms with Crippen LogP contribution in [0, 0.1) is 0 Å². The van der Waals surface area contributed by atoms with Gasteiger partial charge in [0, 0.05) is 25.3 Å². The topological polar surface area (TPSA) is 102 Å². The van der Waals surface area contributed by atoms with E-state index in [9.17, 15) is 13.2 Å². The minimum Gasteiger partial charge on any atom is -0.492 e. The molecule has 21 heavy (non-hydrogen) atoms. The Labute approximate surface area is 125 Å². The Morgan fingerprint density at radius 3 is 2.76 bits per heavy atom. The second-order valence-electron chi connectivity index (χ2n) is 4.47. The van der Waals surface area contributed by atoms with Crippen molar-refractivity contribution in [2.24, 2.45) is 0 Å². The molecule has 0 radical (unpaired) electrons. The number of nitrogens with one attached hydrogen (secondary N) is 1. The van der Waals surface area contributed by atoms with Crippen LogP contribution < -0.4 is 15.2 Å². The van der Waals surface area contributed by atoms with E-state index in [2.05, 4.69) is 4.72 Å². The quantitative estimate of drug-likeness (QED) is 0.660. The van der Waals surface area contributed by atoms with Gasteiger partial charge in [0.1, 0.15) is 12.4 Å². The fourth-order valence-corrected chi connectivity index (χ4v) is 2.22. The first-order chi connectivity index (χ1) is 9.84. The summed E-state index contributed by atoms with van der Waals surface area (Å²) in [6, 6.07) is 6.73. The summed E-state index contributed by atoms with van der Waals surface area (Å²) < 4.78 is 31.0. The van der Waals surface area contributed by atoms with Gasteiger partial charge in [-0.3, -0.25) is 4.79 Å². The first kappa shape index (κ1) is 17.3. The Morgan fingerprint density at radius 2 is 2.14 bits per heavy atom. The number of anilines is 1. The van der Waals surface area contributed by atoms with Gasteiger partial charge in [-0.2, -0.15) is 0 Å². The van der Waals surface area contributed by atoms with Crippen molar-refractivity contribution < 1.29 is 17.9 Å². The molecule has 0 aliphatic carbocycles. The Kier molecular flexibility index (Phi) is 6.44. The van der Waals surface area contributed by atoms with Crippen molar-refractivity contribution in [2.45, 2.75) is 6.92 Å². The van der Waals surface area contributed by atoms with Crippen LogP contribution in [0.2, 0.25) is 0 Å². The first-order valence-electron chi connectivity index (χ1n) is 6.53. The standard InChI is InChI=1S/C13H21N3O4S/c1-3-16(2)13(17)10-15-21(18,19)8-7-20-12-6-4-5-11(14)9-12/h4-6,9,15H,3,7-8,10,14H2,1-2H3. The second-order valence-corrected chi connectivity index (χ2v) is 6.40. The van der Waals surface area contributed by atoms with Crippen LogP contribution in [0.4, 0.5) is 5.69 Å². The Bertz CT molecular complexity index is 575. The lowest BCUT2D eigenvalue weighted by atomic mass is 10.3. The van der Waals surface area contributed by atoms with E-state index in [-0.39, 0.29) is 24.8 Å². The number of likely N-dealkylation sites (N-methyl/N-ethyl adjacent to an activating group) is 1. The highest BCUT2D eigenvalue weighted by atomic mass is 32.2. The number of ether oxygens (including phenoxy) is 1. The minimum atomic E-state index is -3.55. The van der Waals surface area contributed by atoms with Crippen molar-refractivity contribution in [3.63, 3.8) is 0 Å². The highest BCUT2D eigenvalue weighted by Crippen LogP contribution is 2.14. The van der Waals surface area contributed by atoms with Crippen LogP contribution in [0.3, 0.4) is 0 Å². The molecule has 7 nitrogen and oxygen atoms in total. The summed E-state index contributed by atoms with van der Waals surface area (Å²) in [6.45, 7) is 2.08. The van der Waals surface area contributed by atoms with Crippen molar-refractivity contribution in [1.82, 2.24) is 9.62 Å². The Morgan fingerprint density at radius 1 is 1.43 bits per heavy atom. The lowest BCUT2D eigenvalue weighted by molar-refractivity contribution is -0.128. The van der Waals surface area contributed by atoms with E-state index < -0.39 is 10.0 Å². The van der Waals surface area contributed by atoms with Gasteiger partial charge in [0.25, 0.3) is 0 Å². The molecular weight excluding hydrogens is 294 g/mol. The fourth-order valence-electron chi connectivity index (χ4n) is 1.43. The third-order valence-corrected chi connectivity index (χ3v) is 4.11. The summed E-state index contributed by atoms with van der Waals surface area (Å²) in [4.78, 5) is 12.9. The molecule has 8 heteroatoms. The molecule has 0 saturated heterocycles. The van der Waals surface area contributed by atoms with Gasteiger partial charge in [-0.15, -0.1) is 0 Å². The number of hydrogen-bond acceptors (Lipinski definition) is 5. The van der Waals surface area contributed by atoms with Crippen molar-refractivity contribution in [2.75, 3.05) is 38.2 Å². The highest BCUT2D eigenvalue weighted by molar-refractivity contribution is 7.89. The SMILES string of the molecule is CCN(C)C(=O)CNS(=O)(=O)CCOc1cccc(N)c1. The Hall–Kier alpha value is -1.80. The minimum absolute atomic E-state index is 0.0173. The Balaban J connectivity index is 2.38. The summed E-state index contributed by atoms with van der Waals surface area (Å²) >= 11 is 0. The zero-order chi connectivity index (χ0) is 15.9. The van der Waals surface area contributed by atoms with Gasteiger partial charge in [-0.25, -0.2) is 13.1 Å². The number of carbonyl (C=O) groups excluding carboxylic acids is 1. The zero-order valence-corrected chi connectivity index (χ0v) is 13.0. The summed E-state index contributed by atoms with van der Waals surface area (Å²) in [7, 11) is -1.94. The molecule has 0 aliphatic heterocycles. The molecule has 3 N–H and O–H groups in total. The van der Waals surface area contributed by atoms with Crippen LogP contribution in [0.15, 0.2) is 24.3 Å². The summed E-state index contributed by atoms with van der Waals surface area (Å²) in [6.07, 6.45) is 0. The lowest BCUT2D eigenvalue weighted by Crippen LogP contribution is -2.39. The molecule has 0 heterocycles. The number of hydrogen-bond donors (Lipinski definition) is 2. The van der Waals surface area contributed by atoms with E-state index in [0.717, 1.165) is 0 Å². The molecule has 1 aromatic carbocycles. The maximum atomic E-state index is 11.7. The number of sulfonamides is 1. The highest BCUT2D eigenvalue weighted by Gasteiger charge is 2.14. The number of nitrogens with zero attached hydrogens (tertiary/aromatic N) is 1. The predicted molar refractivity (Wildman–Crippen MR) is 81.4 cm³/mol. The number of benzene rings is 1. The summed E-state index contributed by atoms with van der Waals surface area (Å²) in [5.41, 5.74) is 6.13. The fraction of sp³-hybridized carbons (Fsp3) is 0.462. The van der Waals surface area contributed by atoms with Crippen LogP contribution >= 0.6 is 0 Å². The zero-order valence-electron chi connectivity index (χ0n) is 12.2. The van der Waals surface area contributed by atoms with Gasteiger partial charge >= 0.3 is 0 Å². The molecule has 0 bridgehead atoms. The van der Waals surface area contributed by atoms with Gasteiger partial charge in [-0.05, 0) is 19.1 Å². The average Bonchev–Trinajstić information content (AvgIpc) is 2.44. The third-order valence-electron chi connectivity index (χ3n) is 2.82. The van der Waals surface area contributed by atoms with Crippen molar-refractivity contribution in [1.29, 1.82) is 0 Å². The van der Waals surface area contributed by atoms with Crippen molar-refractivity contribution in [3.8, 4) is 5.75 Å². The van der Waals surface area contributed by atoms with Gasteiger partial charge in [0.05, 0.1) is 12.3 Å². The molecule has 1 rings (SSSR count). The molecule has 0 aliphatic rings. The predicted octanol–water partition coefficient (Wildman–Crippen LogP) is 0.0453. The van der Waals surface area contributed by atoms with Crippen molar-refractivity contribution >= 4 is 21.6 Å². The van der Waals surface area contributed by atoms with E-state index in [1.807, 2.05) is 6.92 Å². The molecule has 0 aromatic heterocycles. The van der Waals surface area contributed by atoms with Crippen LogP contribution in [-0.4, -0.2) is 51.7 Å². The molecular formula is C13H21N3O4S. The van der Waals surface area contributed by atoms with E-state index in [0.29, 0.717) is 18.0 Å². The second kappa shape index (κ2) is 7.84. The van der Waals surface area contributed by atoms with Gasteiger partial charge in [0.2, 0.25) is 15.9 Å². The maximum Gasteiger partial charge on any atom is 0.237 e. The van der Waals surface area contributed by atoms with Gasteiger partial charge in [-0.1, -0.05) is 6.07 Å². The van der Waals surface area contributed by atoms with E-state index in [1.165, 1.54) is 4.90 Å². The molecule has 0 unspecified atom stereocenters. The van der Waals surface area contributed by atoms with Crippen LogP contribution in [0.25, 0.3) is 0 Å². The number of amides is 1. The van der Waals surface area contributed by atoms with Gasteiger partial charge < -0.3 is 15.4 Å². The monoisotopic (exact) mass is 315 g/mol. The average molecular weight is 315 g/mol. The molecule has 0 atom stereocenters. The number of nitrogen functional groups attached to an aromatic ring is 1. The molecule has 118 valence electrons. The first-order valence-corrected chi connectivity index (χ1v) is 8.19. The van der Waals surface area contributed by atoms with Crippen LogP contribution in [-0.2, 0) is 14.8 Å². The maximum absolute atomic E-state index is 11.7. The molecule has 0 fully saturated rings. The molecule has 0 saturated carbocycles. The smallest absolute Gasteiger partial charge is 0.237 e. The third kappa shape index (κ3) is 6.46. The number of nitrogens with two attached hydrogens (primary N) is 1. The molecule has 1 amide bonds. The van der Waals surface area contributed by atoms with Crippen molar-refractivity contribution in [3.05, 3.63) is 24.3 Å². The van der Waals surface area contributed by atoms with Crippen LogP contribution in [0.5, 0.6) is 5.75 Å². The largest absolute Gasteiger partial charge is 0.492 e. The summed E-state index contributed by atoms with van der Waals surface area (Å²) in [5, 5.41) is 0. The van der Waals surface area contributed by atoms with Crippen LogP contribution in [0.1, 0.15) is 6.92 Å². The van der Waals surface area contributed by atoms with E-state index >= 15 is 0 Å². The number of rotatable bonds is 8. The lowest BCUT2D eigenvalue weighted by Gasteiger charge is -2.15.